The predicted molar refractivity (Wildman–Crippen MR) is 189 cm³/mol. The van der Waals surface area contributed by atoms with E-state index in [4.69, 9.17) is 4.42 Å². The molecule has 8 rings (SSSR count). The molecular weight excluding hydrogens is 550 g/mol. The van der Waals surface area contributed by atoms with Gasteiger partial charge in [-0.3, -0.25) is 4.79 Å². The van der Waals surface area contributed by atoms with Crippen molar-refractivity contribution in [1.29, 1.82) is 0 Å². The molecule has 1 aliphatic rings. The van der Waals surface area contributed by atoms with Gasteiger partial charge in [-0.05, 0) is 62.9 Å². The minimum absolute atomic E-state index is 0.0355. The number of benzene rings is 5. The van der Waals surface area contributed by atoms with Gasteiger partial charge in [0.05, 0.1) is 21.8 Å². The topological polar surface area (TPSA) is 35.1 Å². The summed E-state index contributed by atoms with van der Waals surface area (Å²) >= 11 is 0. The fraction of sp³-hybridized carbons (Fsp3) is 0.262. The van der Waals surface area contributed by atoms with Crippen LogP contribution >= 0.6 is 0 Å². The number of nitrogens with zero attached hydrogens (tertiary/aromatic N) is 1. The minimum atomic E-state index is -0.201. The van der Waals surface area contributed by atoms with Crippen molar-refractivity contribution in [2.75, 3.05) is 0 Å². The Hall–Kier alpha value is -4.63. The third-order valence-corrected chi connectivity index (χ3v) is 10.0. The summed E-state index contributed by atoms with van der Waals surface area (Å²) in [6.45, 7) is 17.7. The van der Waals surface area contributed by atoms with E-state index in [0.717, 1.165) is 27.8 Å². The highest BCUT2D eigenvalue weighted by Crippen LogP contribution is 2.53. The maximum absolute atomic E-state index is 14.3. The molecule has 0 spiro atoms. The number of hydrogen-bond acceptors (Lipinski definition) is 2. The molecule has 0 bridgehead atoms. The van der Waals surface area contributed by atoms with Gasteiger partial charge in [-0.15, -0.1) is 0 Å². The molecule has 0 saturated heterocycles. The largest absolute Gasteiger partial charge is 0.455 e. The van der Waals surface area contributed by atoms with Gasteiger partial charge in [0.25, 0.3) is 0 Å². The van der Waals surface area contributed by atoms with E-state index in [1.807, 2.05) is 6.07 Å². The molecule has 224 valence electrons. The molecule has 0 atom stereocenters. The maximum Gasteiger partial charge on any atom is 0.200 e. The lowest BCUT2D eigenvalue weighted by Gasteiger charge is -2.26. The summed E-state index contributed by atoms with van der Waals surface area (Å²) in [6, 6.07) is 32.4. The van der Waals surface area contributed by atoms with E-state index in [-0.39, 0.29) is 21.7 Å². The number of aromatic nitrogens is 1. The molecule has 45 heavy (non-hydrogen) atoms. The van der Waals surface area contributed by atoms with Gasteiger partial charge in [-0.25, -0.2) is 0 Å². The van der Waals surface area contributed by atoms with Gasteiger partial charge >= 0.3 is 0 Å². The summed E-state index contributed by atoms with van der Waals surface area (Å²) in [6.07, 6.45) is 0. The molecule has 3 nitrogen and oxygen atoms in total. The Morgan fingerprint density at radius 1 is 0.644 bits per heavy atom. The van der Waals surface area contributed by atoms with Crippen LogP contribution in [0.25, 0.3) is 60.6 Å². The van der Waals surface area contributed by atoms with Crippen LogP contribution in [-0.4, -0.2) is 4.57 Å². The second-order valence-electron chi connectivity index (χ2n) is 15.4. The first-order chi connectivity index (χ1) is 21.3. The highest BCUT2D eigenvalue weighted by molar-refractivity contribution is 6.14. The summed E-state index contributed by atoms with van der Waals surface area (Å²) < 4.78 is 9.16. The van der Waals surface area contributed by atoms with E-state index >= 15 is 0 Å². The zero-order valence-electron chi connectivity index (χ0n) is 27.4. The average Bonchev–Trinajstić information content (AvgIpc) is 3.44. The van der Waals surface area contributed by atoms with Gasteiger partial charge in [0.2, 0.25) is 5.43 Å². The Morgan fingerprint density at radius 2 is 1.33 bits per heavy atom. The molecule has 0 unspecified atom stereocenters. The molecule has 0 radical (unpaired) electrons. The predicted octanol–water partition coefficient (Wildman–Crippen LogP) is 10.9. The van der Waals surface area contributed by atoms with E-state index < -0.39 is 0 Å². The van der Waals surface area contributed by atoms with Gasteiger partial charge in [0.1, 0.15) is 11.2 Å². The van der Waals surface area contributed by atoms with Gasteiger partial charge in [-0.2, -0.15) is 0 Å². The van der Waals surface area contributed by atoms with Crippen LogP contribution in [0.15, 0.2) is 100 Å². The lowest BCUT2D eigenvalue weighted by atomic mass is 9.79. The number of fused-ring (bicyclic) bond motifs is 9. The number of para-hydroxylation sites is 1. The van der Waals surface area contributed by atoms with Crippen molar-refractivity contribution in [3.05, 3.63) is 123 Å². The standard InChI is InChI=1S/C42H39NO2/c1-40(2,3)30-20-21-31(41(4,5)6)39-36(30)38(44)28-18-17-24(23-34(28)45-39)43-32-16-12-10-14-27(32)35-33(43)22-19-26-25-13-9-11-15-29(25)42(7,8)37(26)35/h9-23H,1-8H3. The van der Waals surface area contributed by atoms with E-state index in [1.54, 1.807) is 0 Å². The minimum Gasteiger partial charge on any atom is -0.455 e. The molecule has 0 fully saturated rings. The summed E-state index contributed by atoms with van der Waals surface area (Å²) in [5, 5.41) is 3.83. The summed E-state index contributed by atoms with van der Waals surface area (Å²) in [4.78, 5) is 14.3. The van der Waals surface area contributed by atoms with Crippen LogP contribution in [-0.2, 0) is 16.2 Å². The van der Waals surface area contributed by atoms with Crippen molar-refractivity contribution < 1.29 is 4.42 Å². The fourth-order valence-corrected chi connectivity index (χ4v) is 7.91. The van der Waals surface area contributed by atoms with Crippen LogP contribution in [0.5, 0.6) is 0 Å². The SMILES string of the molecule is CC(C)(C)c1ccc(C(C)(C)C)c2c(=O)c3ccc(-n4c5ccccc5c5c6c(ccc54)-c4ccccc4C6(C)C)cc3oc12. The van der Waals surface area contributed by atoms with Gasteiger partial charge < -0.3 is 8.98 Å². The van der Waals surface area contributed by atoms with Crippen molar-refractivity contribution >= 4 is 43.7 Å². The summed E-state index contributed by atoms with van der Waals surface area (Å²) in [5.74, 6) is 0. The molecule has 7 aromatic rings. The third kappa shape index (κ3) is 3.79. The molecular formula is C42H39NO2. The first kappa shape index (κ1) is 27.9. The fourth-order valence-electron chi connectivity index (χ4n) is 7.91. The molecule has 3 heteroatoms. The Kier molecular flexibility index (Phi) is 5.56. The van der Waals surface area contributed by atoms with Crippen molar-refractivity contribution in [2.24, 2.45) is 0 Å². The van der Waals surface area contributed by atoms with Crippen LogP contribution < -0.4 is 5.43 Å². The Morgan fingerprint density at radius 3 is 2.09 bits per heavy atom. The molecule has 2 heterocycles. The summed E-state index contributed by atoms with van der Waals surface area (Å²) in [5.41, 5.74) is 11.5. The average molecular weight is 590 g/mol. The second kappa shape index (κ2) is 8.97. The first-order valence-electron chi connectivity index (χ1n) is 16.0. The second-order valence-corrected chi connectivity index (χ2v) is 15.4. The quantitative estimate of drug-likeness (QED) is 0.179. The molecule has 0 saturated carbocycles. The van der Waals surface area contributed by atoms with Gasteiger partial charge in [-0.1, -0.05) is 116 Å². The van der Waals surface area contributed by atoms with E-state index in [2.05, 4.69) is 145 Å². The van der Waals surface area contributed by atoms with Crippen LogP contribution in [0.3, 0.4) is 0 Å². The Labute approximate surface area is 264 Å². The van der Waals surface area contributed by atoms with Crippen molar-refractivity contribution in [3.63, 3.8) is 0 Å². The number of hydrogen-bond donors (Lipinski definition) is 0. The zero-order valence-corrected chi connectivity index (χ0v) is 27.4. The van der Waals surface area contributed by atoms with Crippen molar-refractivity contribution in [3.8, 4) is 16.8 Å². The summed E-state index contributed by atoms with van der Waals surface area (Å²) in [7, 11) is 0. The third-order valence-electron chi connectivity index (χ3n) is 10.0. The smallest absolute Gasteiger partial charge is 0.200 e. The molecule has 5 aromatic carbocycles. The molecule has 0 N–H and O–H groups in total. The van der Waals surface area contributed by atoms with Crippen LogP contribution in [0.1, 0.15) is 77.6 Å². The van der Waals surface area contributed by atoms with E-state index in [1.165, 1.54) is 33.0 Å². The van der Waals surface area contributed by atoms with Gasteiger partial charge in [0, 0.05) is 33.5 Å². The van der Waals surface area contributed by atoms with Crippen LogP contribution in [0, 0.1) is 0 Å². The molecule has 0 amide bonds. The van der Waals surface area contributed by atoms with E-state index in [9.17, 15) is 4.79 Å². The van der Waals surface area contributed by atoms with Crippen LogP contribution in [0.4, 0.5) is 0 Å². The normalized spacial score (nSPS) is 14.5. The monoisotopic (exact) mass is 589 g/mol. The van der Waals surface area contributed by atoms with Gasteiger partial charge in [0.15, 0.2) is 0 Å². The maximum atomic E-state index is 14.3. The molecule has 1 aliphatic carbocycles. The lowest BCUT2D eigenvalue weighted by molar-refractivity contribution is 0.562. The van der Waals surface area contributed by atoms with Crippen molar-refractivity contribution in [1.82, 2.24) is 4.57 Å². The molecule has 2 aromatic heterocycles. The zero-order chi connectivity index (χ0) is 31.6. The molecule has 0 aliphatic heterocycles. The first-order valence-corrected chi connectivity index (χ1v) is 16.0. The van der Waals surface area contributed by atoms with Crippen LogP contribution in [0.2, 0.25) is 0 Å². The Bertz CT molecular complexity index is 2440. The number of rotatable bonds is 1. The van der Waals surface area contributed by atoms with E-state index in [0.29, 0.717) is 21.9 Å². The van der Waals surface area contributed by atoms with Crippen molar-refractivity contribution in [2.45, 2.75) is 71.6 Å². The Balaban J connectivity index is 1.45. The highest BCUT2D eigenvalue weighted by Gasteiger charge is 2.38. The highest BCUT2D eigenvalue weighted by atomic mass is 16.3. The lowest BCUT2D eigenvalue weighted by Crippen LogP contribution is -2.19.